The Morgan fingerprint density at radius 3 is 2.43 bits per heavy atom. The van der Waals surface area contributed by atoms with Crippen LogP contribution in [-0.4, -0.2) is 40.6 Å². The summed E-state index contributed by atoms with van der Waals surface area (Å²) in [5.74, 6) is 3.22. The molecule has 0 saturated carbocycles. The summed E-state index contributed by atoms with van der Waals surface area (Å²) in [5.41, 5.74) is 1.73. The van der Waals surface area contributed by atoms with E-state index in [2.05, 4.69) is 15.5 Å². The average Bonchev–Trinajstić information content (AvgIpc) is 3.52. The number of anilines is 1. The summed E-state index contributed by atoms with van der Waals surface area (Å²) in [6.45, 7) is 2.67. The number of aromatic nitrogens is 3. The molecule has 0 atom stereocenters. The predicted molar refractivity (Wildman–Crippen MR) is 132 cm³/mol. The van der Waals surface area contributed by atoms with Gasteiger partial charge in [0.1, 0.15) is 29.6 Å². The van der Waals surface area contributed by atoms with Crippen molar-refractivity contribution in [2.24, 2.45) is 0 Å². The topological polar surface area (TPSA) is 101 Å². The predicted octanol–water partition coefficient (Wildman–Crippen LogP) is 4.55. The molecule has 1 N–H and O–H groups in total. The van der Waals surface area contributed by atoms with Crippen molar-refractivity contribution in [3.8, 4) is 17.2 Å². The zero-order valence-electron chi connectivity index (χ0n) is 19.7. The van der Waals surface area contributed by atoms with Gasteiger partial charge in [0, 0.05) is 23.9 Å². The molecule has 35 heavy (non-hydrogen) atoms. The number of nitrogens with zero attached hydrogens (tertiary/aromatic N) is 3. The Labute approximate surface area is 207 Å². The number of benzene rings is 2. The average molecular weight is 495 g/mol. The molecule has 9 nitrogen and oxygen atoms in total. The molecule has 1 amide bonds. The van der Waals surface area contributed by atoms with Gasteiger partial charge in [0.2, 0.25) is 5.91 Å². The van der Waals surface area contributed by atoms with Gasteiger partial charge in [0.25, 0.3) is 0 Å². The van der Waals surface area contributed by atoms with Crippen LogP contribution in [0.25, 0.3) is 0 Å². The molecule has 0 spiro atoms. The van der Waals surface area contributed by atoms with Crippen LogP contribution in [0.3, 0.4) is 0 Å². The van der Waals surface area contributed by atoms with Crippen LogP contribution >= 0.6 is 11.8 Å². The van der Waals surface area contributed by atoms with E-state index in [-0.39, 0.29) is 18.3 Å². The van der Waals surface area contributed by atoms with Gasteiger partial charge in [-0.2, -0.15) is 0 Å². The Bertz CT molecular complexity index is 1230. The molecule has 2 aromatic heterocycles. The molecular weight excluding hydrogens is 468 g/mol. The first kappa shape index (κ1) is 24.2. The molecule has 0 saturated heterocycles. The first-order valence-electron chi connectivity index (χ1n) is 10.8. The second-order valence-electron chi connectivity index (χ2n) is 7.60. The maximum absolute atomic E-state index is 12.6. The second kappa shape index (κ2) is 11.5. The van der Waals surface area contributed by atoms with E-state index < -0.39 is 0 Å². The lowest BCUT2D eigenvalue weighted by molar-refractivity contribution is -0.113. The molecule has 0 fully saturated rings. The summed E-state index contributed by atoms with van der Waals surface area (Å²) < 4.78 is 23.8. The molecule has 0 aliphatic heterocycles. The summed E-state index contributed by atoms with van der Waals surface area (Å²) in [6.07, 6.45) is 1.62. The Hall–Kier alpha value is -3.92. The van der Waals surface area contributed by atoms with Crippen molar-refractivity contribution in [2.75, 3.05) is 25.3 Å². The van der Waals surface area contributed by atoms with E-state index in [1.54, 1.807) is 38.7 Å². The second-order valence-corrected chi connectivity index (χ2v) is 8.55. The Morgan fingerprint density at radius 2 is 1.77 bits per heavy atom. The number of rotatable bonds is 11. The largest absolute Gasteiger partial charge is 0.497 e. The minimum Gasteiger partial charge on any atom is -0.497 e. The van der Waals surface area contributed by atoms with Crippen molar-refractivity contribution in [3.63, 3.8) is 0 Å². The number of thioether (sulfide) groups is 1. The Balaban J connectivity index is 1.44. The van der Waals surface area contributed by atoms with E-state index in [9.17, 15) is 4.79 Å². The van der Waals surface area contributed by atoms with Crippen molar-refractivity contribution in [2.45, 2.75) is 25.2 Å². The number of methoxy groups -OCH3 is 2. The van der Waals surface area contributed by atoms with Crippen LogP contribution < -0.4 is 19.5 Å². The highest BCUT2D eigenvalue weighted by Gasteiger charge is 2.17. The first-order valence-corrected chi connectivity index (χ1v) is 11.8. The van der Waals surface area contributed by atoms with E-state index >= 15 is 0 Å². The highest BCUT2D eigenvalue weighted by molar-refractivity contribution is 7.99. The van der Waals surface area contributed by atoms with Gasteiger partial charge in [-0.15, -0.1) is 10.2 Å². The number of carbonyl (C=O) groups excluding carboxylic acids is 1. The zero-order valence-corrected chi connectivity index (χ0v) is 20.5. The number of amides is 1. The van der Waals surface area contributed by atoms with Crippen LogP contribution in [0.2, 0.25) is 0 Å². The number of nitrogens with one attached hydrogen (secondary N) is 1. The minimum atomic E-state index is -0.199. The van der Waals surface area contributed by atoms with Gasteiger partial charge in [-0.05, 0) is 31.2 Å². The van der Waals surface area contributed by atoms with Crippen LogP contribution in [0.15, 0.2) is 70.4 Å². The van der Waals surface area contributed by atoms with Gasteiger partial charge in [-0.1, -0.05) is 29.5 Å². The number of ether oxygens (including phenoxy) is 3. The highest BCUT2D eigenvalue weighted by atomic mass is 32.2. The molecule has 2 aromatic carbocycles. The maximum atomic E-state index is 12.6. The molecule has 0 unspecified atom stereocenters. The van der Waals surface area contributed by atoms with E-state index in [1.807, 2.05) is 47.9 Å². The van der Waals surface area contributed by atoms with Crippen LogP contribution in [0.5, 0.6) is 17.2 Å². The summed E-state index contributed by atoms with van der Waals surface area (Å²) in [4.78, 5) is 12.6. The van der Waals surface area contributed by atoms with Gasteiger partial charge in [-0.3, -0.25) is 9.36 Å². The fourth-order valence-corrected chi connectivity index (χ4v) is 4.00. The molecule has 2 heterocycles. The lowest BCUT2D eigenvalue weighted by atomic mass is 10.2. The van der Waals surface area contributed by atoms with E-state index in [0.29, 0.717) is 34.7 Å². The van der Waals surface area contributed by atoms with Crippen LogP contribution in [0, 0.1) is 6.92 Å². The molecule has 4 rings (SSSR count). The van der Waals surface area contributed by atoms with Gasteiger partial charge in [0.05, 0.1) is 32.8 Å². The molecule has 0 bridgehead atoms. The minimum absolute atomic E-state index is 0.134. The molecule has 0 aliphatic rings. The molecule has 10 heteroatoms. The van der Waals surface area contributed by atoms with Gasteiger partial charge in [-0.25, -0.2) is 0 Å². The van der Waals surface area contributed by atoms with Crippen LogP contribution in [0.4, 0.5) is 5.69 Å². The van der Waals surface area contributed by atoms with Crippen molar-refractivity contribution in [1.29, 1.82) is 0 Å². The van der Waals surface area contributed by atoms with Crippen molar-refractivity contribution in [3.05, 3.63) is 78.0 Å². The summed E-state index contributed by atoms with van der Waals surface area (Å²) in [5, 5.41) is 12.0. The van der Waals surface area contributed by atoms with Crippen molar-refractivity contribution < 1.29 is 23.4 Å². The molecule has 4 aromatic rings. The number of hydrogen-bond acceptors (Lipinski definition) is 8. The monoisotopic (exact) mass is 494 g/mol. The molecular formula is C25H26N4O5S. The zero-order chi connectivity index (χ0) is 24.6. The third kappa shape index (κ3) is 6.57. The summed E-state index contributed by atoms with van der Waals surface area (Å²) in [6, 6.07) is 16.7. The van der Waals surface area contributed by atoms with Gasteiger partial charge >= 0.3 is 0 Å². The fourth-order valence-electron chi connectivity index (χ4n) is 3.24. The summed E-state index contributed by atoms with van der Waals surface area (Å²) >= 11 is 1.28. The molecule has 0 aliphatic carbocycles. The summed E-state index contributed by atoms with van der Waals surface area (Å²) in [7, 11) is 3.12. The lowest BCUT2D eigenvalue weighted by Gasteiger charge is -2.11. The molecule has 182 valence electrons. The van der Waals surface area contributed by atoms with Gasteiger partial charge in [0.15, 0.2) is 11.0 Å². The van der Waals surface area contributed by atoms with Crippen LogP contribution in [-0.2, 0) is 17.9 Å². The SMILES string of the molecule is COc1cc(NC(=O)CSc2nnc(COc3ccc(C)cc3)n2Cc2ccco2)cc(OC)c1. The quantitative estimate of drug-likeness (QED) is 0.303. The van der Waals surface area contributed by atoms with Crippen molar-refractivity contribution >= 4 is 23.4 Å². The number of aryl methyl sites for hydroxylation is 1. The number of furan rings is 1. The fraction of sp³-hybridized carbons (Fsp3) is 0.240. The standard InChI is InChI=1S/C25H26N4O5S/c1-17-6-8-19(9-7-17)34-15-23-27-28-25(29(23)14-20-5-4-10-33-20)35-16-24(30)26-18-11-21(31-2)13-22(12-18)32-3/h4-13H,14-16H2,1-3H3,(H,26,30). The smallest absolute Gasteiger partial charge is 0.234 e. The Kier molecular flexibility index (Phi) is 7.94. The van der Waals surface area contributed by atoms with Gasteiger partial charge < -0.3 is 23.9 Å². The lowest BCUT2D eigenvalue weighted by Crippen LogP contribution is -2.15. The maximum Gasteiger partial charge on any atom is 0.234 e. The normalized spacial score (nSPS) is 10.7. The van der Waals surface area contributed by atoms with E-state index in [0.717, 1.165) is 17.1 Å². The first-order chi connectivity index (χ1) is 17.0. The number of carbonyl (C=O) groups is 1. The molecule has 0 radical (unpaired) electrons. The third-order valence-corrected chi connectivity index (χ3v) is 6.01. The third-order valence-electron chi connectivity index (χ3n) is 5.04. The van der Waals surface area contributed by atoms with E-state index in [4.69, 9.17) is 18.6 Å². The highest BCUT2D eigenvalue weighted by Crippen LogP contribution is 2.26. The van der Waals surface area contributed by atoms with Crippen LogP contribution in [0.1, 0.15) is 17.1 Å². The van der Waals surface area contributed by atoms with E-state index in [1.165, 1.54) is 11.8 Å². The van der Waals surface area contributed by atoms with Crippen molar-refractivity contribution in [1.82, 2.24) is 14.8 Å². The Morgan fingerprint density at radius 1 is 1.03 bits per heavy atom. The number of hydrogen-bond donors (Lipinski definition) is 1.